The van der Waals surface area contributed by atoms with E-state index in [-0.39, 0.29) is 0 Å². The molecule has 0 aliphatic carbocycles. The molecule has 0 radical (unpaired) electrons. The summed E-state index contributed by atoms with van der Waals surface area (Å²) in [6.45, 7) is 0.603. The van der Waals surface area contributed by atoms with Crippen LogP contribution in [0.15, 0.2) is 18.6 Å². The quantitative estimate of drug-likeness (QED) is 0.776. The normalized spacial score (nSPS) is 10.9. The summed E-state index contributed by atoms with van der Waals surface area (Å²) >= 11 is 5.76. The number of nitrogens with zero attached hydrogens (tertiary/aromatic N) is 3. The van der Waals surface area contributed by atoms with Gasteiger partial charge in [0, 0.05) is 11.8 Å². The average Bonchev–Trinajstić information content (AvgIpc) is 2.49. The van der Waals surface area contributed by atoms with Crippen LogP contribution in [-0.4, -0.2) is 21.1 Å². The Morgan fingerprint density at radius 3 is 3.08 bits per heavy atom. The molecule has 0 atom stereocenters. The van der Waals surface area contributed by atoms with Crippen molar-refractivity contribution in [2.24, 2.45) is 5.73 Å². The molecule has 2 aromatic heterocycles. The largest absolute Gasteiger partial charge is 0.330 e. The first-order valence-corrected chi connectivity index (χ1v) is 4.37. The van der Waals surface area contributed by atoms with Crippen molar-refractivity contribution in [3.8, 4) is 0 Å². The minimum Gasteiger partial charge on any atom is -0.330 e. The summed E-state index contributed by atoms with van der Waals surface area (Å²) in [5.41, 5.74) is 7.33. The van der Waals surface area contributed by atoms with Gasteiger partial charge < -0.3 is 5.73 Å². The fourth-order valence-corrected chi connectivity index (χ4v) is 1.37. The molecule has 0 aromatic carbocycles. The zero-order valence-electron chi connectivity index (χ0n) is 6.94. The number of halogens is 1. The van der Waals surface area contributed by atoms with E-state index in [9.17, 15) is 0 Å². The van der Waals surface area contributed by atoms with E-state index in [2.05, 4.69) is 10.1 Å². The highest BCUT2D eigenvalue weighted by molar-refractivity contribution is 6.30. The van der Waals surface area contributed by atoms with E-state index in [1.54, 1.807) is 23.1 Å². The van der Waals surface area contributed by atoms with Gasteiger partial charge in [0.05, 0.1) is 17.4 Å². The van der Waals surface area contributed by atoms with E-state index in [0.717, 1.165) is 17.6 Å². The first-order chi connectivity index (χ1) is 6.31. The number of rotatable bonds is 2. The maximum Gasteiger partial charge on any atom is 0.158 e. The van der Waals surface area contributed by atoms with Crippen LogP contribution in [0, 0.1) is 0 Å². The Hall–Kier alpha value is -1.13. The molecule has 0 bridgehead atoms. The Labute approximate surface area is 80.3 Å². The molecule has 0 spiro atoms. The smallest absolute Gasteiger partial charge is 0.158 e. The Bertz CT molecular complexity index is 423. The summed E-state index contributed by atoms with van der Waals surface area (Å²) in [5, 5.41) is 4.69. The molecule has 4 nitrogen and oxygen atoms in total. The van der Waals surface area contributed by atoms with Crippen molar-refractivity contribution < 1.29 is 0 Å². The molecule has 0 unspecified atom stereocenters. The van der Waals surface area contributed by atoms with Gasteiger partial charge in [-0.1, -0.05) is 11.6 Å². The first-order valence-electron chi connectivity index (χ1n) is 3.99. The van der Waals surface area contributed by atoms with Crippen molar-refractivity contribution >= 4 is 17.2 Å². The standard InChI is InChI=1S/C8H9ClN4/c9-7-4-11-8-6(1-2-10)3-12-13(8)5-7/h3-5H,1-2,10H2. The predicted molar refractivity (Wildman–Crippen MR) is 50.8 cm³/mol. The Morgan fingerprint density at radius 1 is 1.46 bits per heavy atom. The van der Waals surface area contributed by atoms with Gasteiger partial charge >= 0.3 is 0 Å². The van der Waals surface area contributed by atoms with Gasteiger partial charge in [-0.15, -0.1) is 0 Å². The third-order valence-corrected chi connectivity index (χ3v) is 2.01. The number of nitrogens with two attached hydrogens (primary N) is 1. The lowest BCUT2D eigenvalue weighted by molar-refractivity contribution is 0.938. The predicted octanol–water partition coefficient (Wildman–Crippen LogP) is 0.884. The van der Waals surface area contributed by atoms with Crippen LogP contribution in [0.3, 0.4) is 0 Å². The monoisotopic (exact) mass is 196 g/mol. The van der Waals surface area contributed by atoms with Gasteiger partial charge in [-0.25, -0.2) is 9.50 Å². The number of fused-ring (bicyclic) bond motifs is 1. The molecule has 5 heteroatoms. The van der Waals surface area contributed by atoms with Crippen molar-refractivity contribution in [1.82, 2.24) is 14.6 Å². The molecule has 0 aliphatic rings. The lowest BCUT2D eigenvalue weighted by atomic mass is 10.2. The van der Waals surface area contributed by atoms with Gasteiger partial charge in [0.15, 0.2) is 5.65 Å². The van der Waals surface area contributed by atoms with Gasteiger partial charge in [0.25, 0.3) is 0 Å². The molecule has 0 fully saturated rings. The van der Waals surface area contributed by atoms with Crippen molar-refractivity contribution in [3.05, 3.63) is 29.2 Å². The van der Waals surface area contributed by atoms with E-state index in [1.165, 1.54) is 0 Å². The van der Waals surface area contributed by atoms with Crippen molar-refractivity contribution in [1.29, 1.82) is 0 Å². The van der Waals surface area contributed by atoms with E-state index >= 15 is 0 Å². The molecule has 2 heterocycles. The molecule has 68 valence electrons. The highest BCUT2D eigenvalue weighted by atomic mass is 35.5. The summed E-state index contributed by atoms with van der Waals surface area (Å²) < 4.78 is 1.66. The summed E-state index contributed by atoms with van der Waals surface area (Å²) in [5.74, 6) is 0. The summed E-state index contributed by atoms with van der Waals surface area (Å²) in [7, 11) is 0. The molecular formula is C8H9ClN4. The Balaban J connectivity index is 2.55. The summed E-state index contributed by atoms with van der Waals surface area (Å²) in [6, 6.07) is 0. The molecule has 2 N–H and O–H groups in total. The number of hydrogen-bond acceptors (Lipinski definition) is 3. The van der Waals surface area contributed by atoms with Gasteiger partial charge in [0.2, 0.25) is 0 Å². The van der Waals surface area contributed by atoms with Crippen molar-refractivity contribution in [3.63, 3.8) is 0 Å². The van der Waals surface area contributed by atoms with E-state index in [4.69, 9.17) is 17.3 Å². The molecule has 2 aromatic rings. The van der Waals surface area contributed by atoms with E-state index < -0.39 is 0 Å². The molecule has 0 saturated heterocycles. The summed E-state index contributed by atoms with van der Waals surface area (Å²) in [4.78, 5) is 4.17. The SMILES string of the molecule is NCCc1cnn2cc(Cl)cnc12. The van der Waals surface area contributed by atoms with Gasteiger partial charge in [-0.05, 0) is 13.0 Å². The van der Waals surface area contributed by atoms with Crippen LogP contribution in [0.5, 0.6) is 0 Å². The fourth-order valence-electron chi connectivity index (χ4n) is 1.23. The lowest BCUT2D eigenvalue weighted by Crippen LogP contribution is -2.02. The Morgan fingerprint density at radius 2 is 2.31 bits per heavy atom. The van der Waals surface area contributed by atoms with Crippen LogP contribution in [0.2, 0.25) is 5.02 Å². The van der Waals surface area contributed by atoms with Gasteiger partial charge in [-0.2, -0.15) is 5.10 Å². The molecule has 13 heavy (non-hydrogen) atoms. The third-order valence-electron chi connectivity index (χ3n) is 1.81. The molecular weight excluding hydrogens is 188 g/mol. The average molecular weight is 197 g/mol. The van der Waals surface area contributed by atoms with Crippen LogP contribution in [-0.2, 0) is 6.42 Å². The van der Waals surface area contributed by atoms with Gasteiger partial charge in [-0.3, -0.25) is 0 Å². The lowest BCUT2D eigenvalue weighted by Gasteiger charge is -1.95. The second-order valence-corrected chi connectivity index (χ2v) is 3.19. The van der Waals surface area contributed by atoms with Crippen LogP contribution in [0.25, 0.3) is 5.65 Å². The minimum absolute atomic E-state index is 0.579. The third kappa shape index (κ3) is 1.50. The van der Waals surface area contributed by atoms with Crippen LogP contribution in [0.4, 0.5) is 0 Å². The topological polar surface area (TPSA) is 56.2 Å². The summed E-state index contributed by atoms with van der Waals surface area (Å²) in [6.07, 6.45) is 5.89. The molecule has 0 saturated carbocycles. The minimum atomic E-state index is 0.579. The second kappa shape index (κ2) is 3.32. The highest BCUT2D eigenvalue weighted by Gasteiger charge is 2.03. The highest BCUT2D eigenvalue weighted by Crippen LogP contribution is 2.11. The zero-order chi connectivity index (χ0) is 9.26. The van der Waals surface area contributed by atoms with Crippen molar-refractivity contribution in [2.75, 3.05) is 6.54 Å². The molecule has 2 rings (SSSR count). The Kier molecular flexibility index (Phi) is 2.16. The second-order valence-electron chi connectivity index (χ2n) is 2.75. The zero-order valence-corrected chi connectivity index (χ0v) is 7.70. The maximum atomic E-state index is 5.76. The molecule has 0 amide bonds. The van der Waals surface area contributed by atoms with E-state index in [0.29, 0.717) is 11.6 Å². The van der Waals surface area contributed by atoms with E-state index in [1.807, 2.05) is 0 Å². The van der Waals surface area contributed by atoms with Crippen LogP contribution in [0.1, 0.15) is 5.56 Å². The number of aromatic nitrogens is 3. The molecule has 0 aliphatic heterocycles. The van der Waals surface area contributed by atoms with Crippen LogP contribution < -0.4 is 5.73 Å². The van der Waals surface area contributed by atoms with Crippen molar-refractivity contribution in [2.45, 2.75) is 6.42 Å². The maximum absolute atomic E-state index is 5.76. The number of hydrogen-bond donors (Lipinski definition) is 1. The van der Waals surface area contributed by atoms with Crippen LogP contribution >= 0.6 is 11.6 Å². The fraction of sp³-hybridized carbons (Fsp3) is 0.250. The first kappa shape index (κ1) is 8.47. The van der Waals surface area contributed by atoms with Gasteiger partial charge in [0.1, 0.15) is 0 Å².